The lowest BCUT2D eigenvalue weighted by atomic mass is 9.77. The number of nitrogens with one attached hydrogen (secondary N) is 1. The number of benzene rings is 2. The second kappa shape index (κ2) is 7.97. The Morgan fingerprint density at radius 2 is 1.79 bits per heavy atom. The molecule has 3 heterocycles. The molecule has 0 radical (unpaired) electrons. The van der Waals surface area contributed by atoms with E-state index >= 15 is 0 Å². The fraction of sp³-hybridized carbons (Fsp3) is 0.333. The van der Waals surface area contributed by atoms with E-state index in [1.165, 1.54) is 21.3 Å². The number of hydrogen-bond donors (Lipinski definition) is 1. The molecule has 172 valence electrons. The number of amides is 2. The lowest BCUT2D eigenvalue weighted by Crippen LogP contribution is -2.41. The van der Waals surface area contributed by atoms with Gasteiger partial charge >= 0.3 is 0 Å². The molecular formula is C24H23ClN2O6. The van der Waals surface area contributed by atoms with E-state index in [4.69, 9.17) is 30.5 Å². The van der Waals surface area contributed by atoms with Crippen molar-refractivity contribution in [1.82, 2.24) is 0 Å². The number of rotatable bonds is 6. The van der Waals surface area contributed by atoms with E-state index in [1.807, 2.05) is 12.2 Å². The van der Waals surface area contributed by atoms with Crippen LogP contribution in [0.3, 0.4) is 0 Å². The molecule has 3 aliphatic heterocycles. The quantitative estimate of drug-likeness (QED) is 0.652. The van der Waals surface area contributed by atoms with E-state index in [-0.39, 0.29) is 11.8 Å². The summed E-state index contributed by atoms with van der Waals surface area (Å²) < 4.78 is 22.3. The van der Waals surface area contributed by atoms with Crippen LogP contribution in [0.25, 0.3) is 0 Å². The Kier molecular flexibility index (Phi) is 5.22. The van der Waals surface area contributed by atoms with E-state index in [2.05, 4.69) is 5.32 Å². The van der Waals surface area contributed by atoms with Crippen LogP contribution in [-0.4, -0.2) is 51.4 Å². The Morgan fingerprint density at radius 3 is 2.39 bits per heavy atom. The van der Waals surface area contributed by atoms with E-state index in [0.717, 1.165) is 5.69 Å². The maximum atomic E-state index is 13.5. The van der Waals surface area contributed by atoms with E-state index in [9.17, 15) is 9.59 Å². The molecule has 33 heavy (non-hydrogen) atoms. The summed E-state index contributed by atoms with van der Waals surface area (Å²) in [5, 5.41) is 3.49. The van der Waals surface area contributed by atoms with E-state index < -0.39 is 23.5 Å². The molecular weight excluding hydrogens is 448 g/mol. The molecule has 3 aliphatic rings. The molecule has 1 spiro atoms. The number of halogens is 1. The van der Waals surface area contributed by atoms with Crippen molar-refractivity contribution in [3.8, 4) is 17.2 Å². The Labute approximate surface area is 196 Å². The van der Waals surface area contributed by atoms with Gasteiger partial charge in [0.2, 0.25) is 17.6 Å². The van der Waals surface area contributed by atoms with Crippen LogP contribution < -0.4 is 24.4 Å². The Hall–Kier alpha value is -3.23. The summed E-state index contributed by atoms with van der Waals surface area (Å²) in [5.74, 6) is -0.486. The highest BCUT2D eigenvalue weighted by Crippen LogP contribution is 2.53. The smallest absolute Gasteiger partial charge is 0.234 e. The largest absolute Gasteiger partial charge is 0.493 e. The SMILES string of the molecule is COc1cc(NC(=O)[C@@H]2[C@H]3C=C[C@@]4(CN(c5ccc(Cl)cc5)C(=O)[C@@H]24)O3)cc(OC)c1OC. The van der Waals surface area contributed by atoms with Crippen molar-refractivity contribution in [2.45, 2.75) is 11.7 Å². The van der Waals surface area contributed by atoms with Crippen molar-refractivity contribution in [3.63, 3.8) is 0 Å². The van der Waals surface area contributed by atoms with Gasteiger partial charge < -0.3 is 29.2 Å². The molecule has 2 saturated heterocycles. The normalized spacial score (nSPS) is 27.0. The number of hydrogen-bond acceptors (Lipinski definition) is 6. The minimum atomic E-state index is -0.821. The lowest BCUT2D eigenvalue weighted by Gasteiger charge is -2.24. The van der Waals surface area contributed by atoms with Gasteiger partial charge in [0, 0.05) is 28.5 Å². The molecule has 0 aromatic heterocycles. The van der Waals surface area contributed by atoms with Gasteiger partial charge in [0.25, 0.3) is 0 Å². The Balaban J connectivity index is 1.43. The molecule has 9 heteroatoms. The third kappa shape index (κ3) is 3.32. The average molecular weight is 471 g/mol. The minimum absolute atomic E-state index is 0.144. The molecule has 0 saturated carbocycles. The van der Waals surface area contributed by atoms with Crippen LogP contribution >= 0.6 is 11.6 Å². The summed E-state index contributed by atoms with van der Waals surface area (Å²) in [6, 6.07) is 10.3. The third-order valence-corrected chi connectivity index (χ3v) is 6.73. The molecule has 8 nitrogen and oxygen atoms in total. The van der Waals surface area contributed by atoms with Gasteiger partial charge in [0.15, 0.2) is 11.5 Å². The molecule has 0 unspecified atom stereocenters. The topological polar surface area (TPSA) is 86.3 Å². The first-order valence-electron chi connectivity index (χ1n) is 10.5. The summed E-state index contributed by atoms with van der Waals surface area (Å²) >= 11 is 6.00. The number of fused-ring (bicyclic) bond motifs is 1. The molecule has 4 atom stereocenters. The van der Waals surface area contributed by atoms with Crippen LogP contribution in [0.4, 0.5) is 11.4 Å². The average Bonchev–Trinajstić information content (AvgIpc) is 3.47. The predicted molar refractivity (Wildman–Crippen MR) is 122 cm³/mol. The summed E-state index contributed by atoms with van der Waals surface area (Å²) in [7, 11) is 4.52. The number of carbonyl (C=O) groups is 2. The fourth-order valence-electron chi connectivity index (χ4n) is 5.02. The molecule has 0 aliphatic carbocycles. The van der Waals surface area contributed by atoms with Crippen molar-refractivity contribution in [3.05, 3.63) is 53.6 Å². The number of methoxy groups -OCH3 is 3. The maximum Gasteiger partial charge on any atom is 0.234 e. The maximum absolute atomic E-state index is 13.5. The zero-order valence-corrected chi connectivity index (χ0v) is 19.1. The molecule has 2 aromatic carbocycles. The first-order valence-corrected chi connectivity index (χ1v) is 10.8. The zero-order valence-electron chi connectivity index (χ0n) is 18.3. The molecule has 2 aromatic rings. The van der Waals surface area contributed by atoms with E-state index in [1.54, 1.807) is 41.3 Å². The molecule has 1 N–H and O–H groups in total. The highest BCUT2D eigenvalue weighted by atomic mass is 35.5. The first kappa shape index (κ1) is 21.6. The molecule has 2 fully saturated rings. The van der Waals surface area contributed by atoms with Crippen LogP contribution in [0.5, 0.6) is 17.2 Å². The van der Waals surface area contributed by atoms with Crippen LogP contribution in [0, 0.1) is 11.8 Å². The number of anilines is 2. The summed E-state index contributed by atoms with van der Waals surface area (Å²) in [6.07, 6.45) is 3.32. The minimum Gasteiger partial charge on any atom is -0.493 e. The van der Waals surface area contributed by atoms with Crippen molar-refractivity contribution >= 4 is 34.8 Å². The van der Waals surface area contributed by atoms with Gasteiger partial charge in [-0.05, 0) is 24.3 Å². The Bertz CT molecular complexity index is 1130. The molecule has 2 bridgehead atoms. The van der Waals surface area contributed by atoms with Gasteiger partial charge in [-0.3, -0.25) is 9.59 Å². The van der Waals surface area contributed by atoms with Crippen LogP contribution in [0.15, 0.2) is 48.6 Å². The first-order chi connectivity index (χ1) is 15.9. The number of carbonyl (C=O) groups excluding carboxylic acids is 2. The van der Waals surface area contributed by atoms with Crippen LogP contribution in [0.2, 0.25) is 5.02 Å². The van der Waals surface area contributed by atoms with Crippen molar-refractivity contribution in [2.24, 2.45) is 11.8 Å². The standard InChI is InChI=1S/C24H23ClN2O6/c1-30-17-10-14(11-18(31-2)21(17)32-3)26-22(28)19-16-8-9-24(33-16)12-27(23(29)20(19)24)15-6-4-13(25)5-7-15/h4-11,16,19-20H,12H2,1-3H3,(H,26,28)/t16-,19-,20-,24+/m1/s1. The van der Waals surface area contributed by atoms with Gasteiger partial charge in [-0.15, -0.1) is 0 Å². The van der Waals surface area contributed by atoms with Crippen molar-refractivity contribution in [1.29, 1.82) is 0 Å². The molecule has 2 amide bonds. The number of ether oxygens (including phenoxy) is 4. The van der Waals surface area contributed by atoms with E-state index in [0.29, 0.717) is 34.5 Å². The second-order valence-electron chi connectivity index (χ2n) is 8.20. The van der Waals surface area contributed by atoms with Gasteiger partial charge in [-0.2, -0.15) is 0 Å². The Morgan fingerprint density at radius 1 is 1.12 bits per heavy atom. The fourth-order valence-corrected chi connectivity index (χ4v) is 5.14. The van der Waals surface area contributed by atoms with Gasteiger partial charge in [-0.25, -0.2) is 0 Å². The van der Waals surface area contributed by atoms with Crippen molar-refractivity contribution in [2.75, 3.05) is 38.1 Å². The van der Waals surface area contributed by atoms with Crippen molar-refractivity contribution < 1.29 is 28.5 Å². The third-order valence-electron chi connectivity index (χ3n) is 6.47. The molecule has 5 rings (SSSR count). The zero-order chi connectivity index (χ0) is 23.3. The van der Waals surface area contributed by atoms with Gasteiger partial charge in [0.1, 0.15) is 5.60 Å². The van der Waals surface area contributed by atoms with Gasteiger partial charge in [-0.1, -0.05) is 23.8 Å². The summed E-state index contributed by atoms with van der Waals surface area (Å²) in [5.41, 5.74) is 0.367. The summed E-state index contributed by atoms with van der Waals surface area (Å²) in [4.78, 5) is 28.5. The second-order valence-corrected chi connectivity index (χ2v) is 8.64. The summed E-state index contributed by atoms with van der Waals surface area (Å²) in [6.45, 7) is 0.346. The lowest BCUT2D eigenvalue weighted by molar-refractivity contribution is -0.128. The van der Waals surface area contributed by atoms with Crippen LogP contribution in [0.1, 0.15) is 0 Å². The predicted octanol–water partition coefficient (Wildman–Crippen LogP) is 3.29. The van der Waals surface area contributed by atoms with Gasteiger partial charge in [0.05, 0.1) is 45.8 Å². The highest BCUT2D eigenvalue weighted by Gasteiger charge is 2.67. The monoisotopic (exact) mass is 470 g/mol. The highest BCUT2D eigenvalue weighted by molar-refractivity contribution is 6.30. The number of nitrogens with zero attached hydrogens (tertiary/aromatic N) is 1. The van der Waals surface area contributed by atoms with Crippen LogP contribution in [-0.2, 0) is 14.3 Å².